The summed E-state index contributed by atoms with van der Waals surface area (Å²) in [6.07, 6.45) is 6.31. The Morgan fingerprint density at radius 3 is 2.69 bits per heavy atom. The molecule has 1 saturated carbocycles. The molecule has 2 aliphatic rings. The van der Waals surface area contributed by atoms with E-state index in [9.17, 15) is 0 Å². The summed E-state index contributed by atoms with van der Waals surface area (Å²) in [4.78, 5) is 2.57. The molecule has 1 spiro atoms. The number of hydrogen-bond acceptors (Lipinski definition) is 3. The quantitative estimate of drug-likeness (QED) is 0.794. The molecule has 2 fully saturated rings. The summed E-state index contributed by atoms with van der Waals surface area (Å²) in [7, 11) is 0. The van der Waals surface area contributed by atoms with Gasteiger partial charge in [-0.05, 0) is 46.0 Å². The van der Waals surface area contributed by atoms with Gasteiger partial charge in [0.1, 0.15) is 0 Å². The molecule has 0 radical (unpaired) electrons. The van der Waals surface area contributed by atoms with Crippen LogP contribution in [0.5, 0.6) is 0 Å². The van der Waals surface area contributed by atoms with Gasteiger partial charge in [0.15, 0.2) is 0 Å². The summed E-state index contributed by atoms with van der Waals surface area (Å²) in [6, 6.07) is 1.29. The molecular formula is C13H26N2O. The molecule has 0 aromatic carbocycles. The first-order valence-corrected chi connectivity index (χ1v) is 6.77. The average Bonchev–Trinajstić information content (AvgIpc) is 2.23. The van der Waals surface area contributed by atoms with Crippen LogP contribution < -0.4 is 5.73 Å². The van der Waals surface area contributed by atoms with Gasteiger partial charge in [-0.1, -0.05) is 0 Å². The molecule has 1 saturated heterocycles. The largest absolute Gasteiger partial charge is 0.375 e. The Bertz CT molecular complexity index is 226. The molecule has 0 aromatic rings. The third-order valence-corrected chi connectivity index (χ3v) is 4.25. The van der Waals surface area contributed by atoms with Crippen LogP contribution >= 0.6 is 0 Å². The summed E-state index contributed by atoms with van der Waals surface area (Å²) < 4.78 is 5.98. The fourth-order valence-corrected chi connectivity index (χ4v) is 3.22. The van der Waals surface area contributed by atoms with E-state index in [4.69, 9.17) is 10.5 Å². The number of hydrogen-bond donors (Lipinski definition) is 1. The van der Waals surface area contributed by atoms with Crippen LogP contribution in [0.1, 0.15) is 46.0 Å². The van der Waals surface area contributed by atoms with E-state index in [2.05, 4.69) is 18.7 Å². The number of nitrogens with zero attached hydrogens (tertiary/aromatic N) is 1. The normalized spacial score (nSPS) is 28.7. The van der Waals surface area contributed by atoms with E-state index in [0.29, 0.717) is 12.1 Å². The van der Waals surface area contributed by atoms with Crippen molar-refractivity contribution in [2.24, 2.45) is 5.73 Å². The van der Waals surface area contributed by atoms with E-state index >= 15 is 0 Å². The van der Waals surface area contributed by atoms with Crippen molar-refractivity contribution in [1.29, 1.82) is 0 Å². The predicted octanol–water partition coefficient (Wildman–Crippen LogP) is 1.76. The molecule has 1 aliphatic heterocycles. The van der Waals surface area contributed by atoms with E-state index in [1.54, 1.807) is 0 Å². The van der Waals surface area contributed by atoms with Gasteiger partial charge in [0, 0.05) is 31.8 Å². The summed E-state index contributed by atoms with van der Waals surface area (Å²) in [5.41, 5.74) is 5.97. The molecule has 0 amide bonds. The lowest BCUT2D eigenvalue weighted by Gasteiger charge is -2.50. The smallest absolute Gasteiger partial charge is 0.0697 e. The van der Waals surface area contributed by atoms with Crippen molar-refractivity contribution in [3.05, 3.63) is 0 Å². The first kappa shape index (κ1) is 12.3. The molecule has 3 heteroatoms. The fourth-order valence-electron chi connectivity index (χ4n) is 3.22. The highest BCUT2D eigenvalue weighted by Gasteiger charge is 2.43. The van der Waals surface area contributed by atoms with Crippen LogP contribution in [0.15, 0.2) is 0 Å². The van der Waals surface area contributed by atoms with Gasteiger partial charge in [0.2, 0.25) is 0 Å². The molecule has 2 N–H and O–H groups in total. The maximum Gasteiger partial charge on any atom is 0.0697 e. The first-order valence-electron chi connectivity index (χ1n) is 6.77. The molecule has 1 aliphatic carbocycles. The number of ether oxygens (including phenoxy) is 1. The van der Waals surface area contributed by atoms with Crippen LogP contribution in [0.2, 0.25) is 0 Å². The van der Waals surface area contributed by atoms with Crippen LogP contribution in [0, 0.1) is 0 Å². The van der Waals surface area contributed by atoms with Crippen molar-refractivity contribution < 1.29 is 4.74 Å². The highest BCUT2D eigenvalue weighted by atomic mass is 16.5. The van der Waals surface area contributed by atoms with Crippen LogP contribution in [0.4, 0.5) is 0 Å². The Morgan fingerprint density at radius 2 is 2.19 bits per heavy atom. The van der Waals surface area contributed by atoms with Gasteiger partial charge in [-0.15, -0.1) is 0 Å². The van der Waals surface area contributed by atoms with E-state index in [0.717, 1.165) is 19.7 Å². The number of rotatable bonds is 4. The van der Waals surface area contributed by atoms with Gasteiger partial charge in [-0.2, -0.15) is 0 Å². The molecular weight excluding hydrogens is 200 g/mol. The summed E-state index contributed by atoms with van der Waals surface area (Å²) >= 11 is 0. The van der Waals surface area contributed by atoms with Crippen molar-refractivity contribution in [2.45, 2.75) is 63.6 Å². The minimum atomic E-state index is 0.255. The molecule has 94 valence electrons. The number of nitrogens with two attached hydrogens (primary N) is 1. The Morgan fingerprint density at radius 1 is 1.44 bits per heavy atom. The minimum absolute atomic E-state index is 0.255. The van der Waals surface area contributed by atoms with E-state index in [-0.39, 0.29) is 5.60 Å². The highest BCUT2D eigenvalue weighted by molar-refractivity contribution is 4.97. The zero-order valence-corrected chi connectivity index (χ0v) is 10.7. The monoisotopic (exact) mass is 226 g/mol. The Hall–Kier alpha value is -0.120. The summed E-state index contributed by atoms with van der Waals surface area (Å²) in [6.45, 7) is 7.29. The standard InChI is InChI=1S/C13H26N2O/c1-11(2)15(8-7-14)12-4-9-16-13(10-12)5-3-6-13/h11-12H,3-10,14H2,1-2H3. The third kappa shape index (κ3) is 2.41. The molecule has 3 nitrogen and oxygen atoms in total. The maximum absolute atomic E-state index is 5.98. The van der Waals surface area contributed by atoms with Crippen LogP contribution in [-0.4, -0.2) is 42.3 Å². The molecule has 1 heterocycles. The molecule has 0 aromatic heterocycles. The molecule has 0 bridgehead atoms. The van der Waals surface area contributed by atoms with Crippen molar-refractivity contribution in [3.8, 4) is 0 Å². The van der Waals surface area contributed by atoms with Gasteiger partial charge in [-0.25, -0.2) is 0 Å². The van der Waals surface area contributed by atoms with Crippen LogP contribution in [0.3, 0.4) is 0 Å². The molecule has 1 unspecified atom stereocenters. The summed E-state index contributed by atoms with van der Waals surface area (Å²) in [5, 5.41) is 0. The Balaban J connectivity index is 1.95. The van der Waals surface area contributed by atoms with Crippen molar-refractivity contribution in [2.75, 3.05) is 19.7 Å². The van der Waals surface area contributed by atoms with Gasteiger partial charge in [-0.3, -0.25) is 4.90 Å². The lowest BCUT2D eigenvalue weighted by molar-refractivity contribution is -0.150. The molecule has 1 atom stereocenters. The zero-order chi connectivity index (χ0) is 11.6. The average molecular weight is 226 g/mol. The lowest BCUT2D eigenvalue weighted by Crippen LogP contribution is -2.54. The lowest BCUT2D eigenvalue weighted by atomic mass is 9.73. The van der Waals surface area contributed by atoms with Crippen molar-refractivity contribution in [3.63, 3.8) is 0 Å². The van der Waals surface area contributed by atoms with Gasteiger partial charge >= 0.3 is 0 Å². The minimum Gasteiger partial charge on any atom is -0.375 e. The topological polar surface area (TPSA) is 38.5 Å². The van der Waals surface area contributed by atoms with Gasteiger partial charge < -0.3 is 10.5 Å². The molecule has 16 heavy (non-hydrogen) atoms. The Kier molecular flexibility index (Phi) is 3.88. The second-order valence-electron chi connectivity index (χ2n) is 5.65. The third-order valence-electron chi connectivity index (χ3n) is 4.25. The van der Waals surface area contributed by atoms with Crippen LogP contribution in [-0.2, 0) is 4.74 Å². The van der Waals surface area contributed by atoms with Crippen LogP contribution in [0.25, 0.3) is 0 Å². The summed E-state index contributed by atoms with van der Waals surface area (Å²) in [5.74, 6) is 0. The van der Waals surface area contributed by atoms with Gasteiger partial charge in [0.25, 0.3) is 0 Å². The highest BCUT2D eigenvalue weighted by Crippen LogP contribution is 2.43. The fraction of sp³-hybridized carbons (Fsp3) is 1.00. The molecule has 2 rings (SSSR count). The SMILES string of the molecule is CC(C)N(CCN)C1CCOC2(CCC2)C1. The van der Waals surface area contributed by atoms with Gasteiger partial charge in [0.05, 0.1) is 5.60 Å². The van der Waals surface area contributed by atoms with Crippen molar-refractivity contribution >= 4 is 0 Å². The first-order chi connectivity index (χ1) is 7.67. The van der Waals surface area contributed by atoms with E-state index < -0.39 is 0 Å². The van der Waals surface area contributed by atoms with E-state index in [1.165, 1.54) is 32.1 Å². The second-order valence-corrected chi connectivity index (χ2v) is 5.65. The predicted molar refractivity (Wildman–Crippen MR) is 66.5 cm³/mol. The Labute approximate surface area is 99.3 Å². The zero-order valence-electron chi connectivity index (χ0n) is 10.7. The van der Waals surface area contributed by atoms with Crippen molar-refractivity contribution in [1.82, 2.24) is 4.90 Å². The second kappa shape index (κ2) is 5.03. The maximum atomic E-state index is 5.98. The van der Waals surface area contributed by atoms with E-state index in [1.807, 2.05) is 0 Å².